The minimum Gasteiger partial charge on any atom is -0.480 e. The van der Waals surface area contributed by atoms with Crippen molar-refractivity contribution < 1.29 is 19.5 Å². The third-order valence-corrected chi connectivity index (χ3v) is 1.87. The molecule has 0 aromatic heterocycles. The van der Waals surface area contributed by atoms with Crippen molar-refractivity contribution in [1.29, 1.82) is 0 Å². The van der Waals surface area contributed by atoms with Crippen LogP contribution in [0.15, 0.2) is 0 Å². The normalized spacial score (nSPS) is 11.8. The average Bonchev–Trinajstić information content (AvgIpc) is 2.16. The third-order valence-electron chi connectivity index (χ3n) is 1.87. The Morgan fingerprint density at radius 3 is 2.44 bits per heavy atom. The minimum atomic E-state index is -1.26. The zero-order chi connectivity index (χ0) is 12.6. The van der Waals surface area contributed by atoms with Gasteiger partial charge in [-0.05, 0) is 20.0 Å². The van der Waals surface area contributed by atoms with E-state index in [1.807, 2.05) is 0 Å². The van der Waals surface area contributed by atoms with Crippen LogP contribution in [0, 0.1) is 0 Å². The first-order chi connectivity index (χ1) is 7.47. The van der Waals surface area contributed by atoms with Crippen LogP contribution in [0.1, 0.15) is 19.3 Å². The molecule has 5 N–H and O–H groups in total. The first kappa shape index (κ1) is 14.4. The second-order valence-electron chi connectivity index (χ2n) is 3.34. The van der Waals surface area contributed by atoms with E-state index >= 15 is 0 Å². The molecule has 92 valence electrons. The van der Waals surface area contributed by atoms with Gasteiger partial charge in [-0.3, -0.25) is 9.59 Å². The van der Waals surface area contributed by atoms with Crippen LogP contribution in [-0.4, -0.2) is 42.5 Å². The fraction of sp³-hybridized carbons (Fsp3) is 0.667. The van der Waals surface area contributed by atoms with E-state index in [2.05, 4.69) is 10.6 Å². The molecule has 0 aliphatic heterocycles. The van der Waals surface area contributed by atoms with Crippen molar-refractivity contribution in [2.45, 2.75) is 25.3 Å². The van der Waals surface area contributed by atoms with Gasteiger partial charge in [0.25, 0.3) is 0 Å². The monoisotopic (exact) mass is 231 g/mol. The summed E-state index contributed by atoms with van der Waals surface area (Å²) in [6.45, 7) is 0.668. The fourth-order valence-electron chi connectivity index (χ4n) is 1.09. The predicted molar refractivity (Wildman–Crippen MR) is 56.5 cm³/mol. The molecule has 0 aromatic rings. The van der Waals surface area contributed by atoms with Gasteiger partial charge in [0.2, 0.25) is 11.8 Å². The summed E-state index contributed by atoms with van der Waals surface area (Å²) in [5.41, 5.74) is 4.86. The molecule has 2 amide bonds. The van der Waals surface area contributed by atoms with E-state index in [9.17, 15) is 14.4 Å². The Bertz CT molecular complexity index is 267. The number of primary amides is 1. The van der Waals surface area contributed by atoms with Crippen LogP contribution in [-0.2, 0) is 14.4 Å². The second-order valence-corrected chi connectivity index (χ2v) is 3.34. The standard InChI is InChI=1S/C9H17N3O4/c1-11-4-2-3-8(14)12-6(9(15)16)5-7(10)13/h6,11H,2-5H2,1H3,(H2,10,13)(H,12,14)(H,15,16). The summed E-state index contributed by atoms with van der Waals surface area (Å²) >= 11 is 0. The maximum Gasteiger partial charge on any atom is 0.326 e. The molecule has 0 saturated heterocycles. The SMILES string of the molecule is CNCCCC(=O)NC(CC(N)=O)C(=O)O. The van der Waals surface area contributed by atoms with Gasteiger partial charge in [-0.15, -0.1) is 0 Å². The topological polar surface area (TPSA) is 122 Å². The maximum atomic E-state index is 11.3. The Morgan fingerprint density at radius 2 is 2.00 bits per heavy atom. The molecule has 0 radical (unpaired) electrons. The first-order valence-electron chi connectivity index (χ1n) is 4.92. The van der Waals surface area contributed by atoms with Crippen molar-refractivity contribution in [1.82, 2.24) is 10.6 Å². The minimum absolute atomic E-state index is 0.212. The van der Waals surface area contributed by atoms with Crippen LogP contribution >= 0.6 is 0 Å². The summed E-state index contributed by atoms with van der Waals surface area (Å²) in [5, 5.41) is 13.8. The van der Waals surface area contributed by atoms with Crippen molar-refractivity contribution in [3.63, 3.8) is 0 Å². The van der Waals surface area contributed by atoms with E-state index in [0.29, 0.717) is 13.0 Å². The van der Waals surface area contributed by atoms with Gasteiger partial charge < -0.3 is 21.5 Å². The number of carboxylic acid groups (broad SMARTS) is 1. The third kappa shape index (κ3) is 6.77. The number of carbonyl (C=O) groups is 3. The number of rotatable bonds is 8. The summed E-state index contributed by atoms with van der Waals surface area (Å²) in [5.74, 6) is -2.42. The van der Waals surface area contributed by atoms with Crippen LogP contribution in [0.25, 0.3) is 0 Å². The Hall–Kier alpha value is -1.63. The molecule has 0 aliphatic carbocycles. The predicted octanol–water partition coefficient (Wildman–Crippen LogP) is -1.57. The number of carbonyl (C=O) groups excluding carboxylic acids is 2. The van der Waals surface area contributed by atoms with E-state index in [1.54, 1.807) is 7.05 Å². The molecule has 1 atom stereocenters. The molecule has 0 bridgehead atoms. The lowest BCUT2D eigenvalue weighted by molar-refractivity contribution is -0.143. The molecule has 0 aliphatic rings. The molecule has 0 spiro atoms. The first-order valence-corrected chi connectivity index (χ1v) is 4.92. The van der Waals surface area contributed by atoms with E-state index in [-0.39, 0.29) is 6.42 Å². The van der Waals surface area contributed by atoms with Crippen molar-refractivity contribution in [3.05, 3.63) is 0 Å². The van der Waals surface area contributed by atoms with Crippen molar-refractivity contribution in [2.75, 3.05) is 13.6 Å². The highest BCUT2D eigenvalue weighted by atomic mass is 16.4. The summed E-state index contributed by atoms with van der Waals surface area (Å²) in [6, 6.07) is -1.24. The molecular formula is C9H17N3O4. The van der Waals surface area contributed by atoms with E-state index in [1.165, 1.54) is 0 Å². The van der Waals surface area contributed by atoms with Gasteiger partial charge in [-0.2, -0.15) is 0 Å². The molecule has 0 saturated carbocycles. The van der Waals surface area contributed by atoms with E-state index in [0.717, 1.165) is 0 Å². The lowest BCUT2D eigenvalue weighted by atomic mass is 10.2. The lowest BCUT2D eigenvalue weighted by Gasteiger charge is -2.12. The molecule has 16 heavy (non-hydrogen) atoms. The van der Waals surface area contributed by atoms with Gasteiger partial charge in [0.05, 0.1) is 6.42 Å². The van der Waals surface area contributed by atoms with Crippen LogP contribution in [0.4, 0.5) is 0 Å². The zero-order valence-corrected chi connectivity index (χ0v) is 9.16. The summed E-state index contributed by atoms with van der Waals surface area (Å²) in [6.07, 6.45) is 0.418. The molecule has 1 unspecified atom stereocenters. The summed E-state index contributed by atoms with van der Waals surface area (Å²) < 4.78 is 0. The Balaban J connectivity index is 4.03. The Morgan fingerprint density at radius 1 is 1.38 bits per heavy atom. The van der Waals surface area contributed by atoms with Crippen LogP contribution in [0.3, 0.4) is 0 Å². The van der Waals surface area contributed by atoms with Crippen LogP contribution in [0.2, 0.25) is 0 Å². The largest absolute Gasteiger partial charge is 0.480 e. The molecule has 7 heteroatoms. The van der Waals surface area contributed by atoms with Crippen LogP contribution in [0.5, 0.6) is 0 Å². The molecule has 0 aromatic carbocycles. The van der Waals surface area contributed by atoms with Crippen molar-refractivity contribution >= 4 is 17.8 Å². The average molecular weight is 231 g/mol. The van der Waals surface area contributed by atoms with Crippen molar-refractivity contribution in [3.8, 4) is 0 Å². The summed E-state index contributed by atoms with van der Waals surface area (Å²) in [7, 11) is 1.76. The number of hydrogen-bond donors (Lipinski definition) is 4. The molecule has 0 rings (SSSR count). The number of hydrogen-bond acceptors (Lipinski definition) is 4. The molecule has 0 heterocycles. The van der Waals surface area contributed by atoms with E-state index < -0.39 is 30.2 Å². The number of aliphatic carboxylic acids is 1. The lowest BCUT2D eigenvalue weighted by Crippen LogP contribution is -2.43. The van der Waals surface area contributed by atoms with Crippen LogP contribution < -0.4 is 16.4 Å². The maximum absolute atomic E-state index is 11.3. The molecule has 7 nitrogen and oxygen atoms in total. The van der Waals surface area contributed by atoms with Gasteiger partial charge in [0, 0.05) is 6.42 Å². The second kappa shape index (κ2) is 7.63. The smallest absolute Gasteiger partial charge is 0.326 e. The quantitative estimate of drug-likeness (QED) is 0.376. The number of nitrogens with two attached hydrogens (primary N) is 1. The summed E-state index contributed by atoms with van der Waals surface area (Å²) in [4.78, 5) is 32.5. The molecular weight excluding hydrogens is 214 g/mol. The fourth-order valence-corrected chi connectivity index (χ4v) is 1.09. The number of carboxylic acids is 1. The highest BCUT2D eigenvalue weighted by Gasteiger charge is 2.21. The van der Waals surface area contributed by atoms with Gasteiger partial charge in [-0.25, -0.2) is 4.79 Å². The van der Waals surface area contributed by atoms with Gasteiger partial charge in [-0.1, -0.05) is 0 Å². The Labute approximate surface area is 93.4 Å². The van der Waals surface area contributed by atoms with Crippen molar-refractivity contribution in [2.24, 2.45) is 5.73 Å². The molecule has 0 fully saturated rings. The zero-order valence-electron chi connectivity index (χ0n) is 9.16. The highest BCUT2D eigenvalue weighted by Crippen LogP contribution is 1.94. The van der Waals surface area contributed by atoms with Gasteiger partial charge in [0.1, 0.15) is 6.04 Å². The van der Waals surface area contributed by atoms with E-state index in [4.69, 9.17) is 10.8 Å². The number of nitrogens with one attached hydrogen (secondary N) is 2. The van der Waals surface area contributed by atoms with Gasteiger partial charge >= 0.3 is 5.97 Å². The highest BCUT2D eigenvalue weighted by molar-refractivity contribution is 5.88. The Kier molecular flexibility index (Phi) is 6.86. The van der Waals surface area contributed by atoms with Gasteiger partial charge in [0.15, 0.2) is 0 Å². The number of amides is 2.